The van der Waals surface area contributed by atoms with E-state index in [0.29, 0.717) is 12.1 Å². The highest BCUT2D eigenvalue weighted by molar-refractivity contribution is 5.92. The molecule has 0 aliphatic heterocycles. The number of hydrogen-bond donors (Lipinski definition) is 3. The monoisotopic (exact) mass is 251 g/mol. The molecule has 0 unspecified atom stereocenters. The van der Waals surface area contributed by atoms with E-state index in [1.54, 1.807) is 19.1 Å². The zero-order valence-corrected chi connectivity index (χ0v) is 10.4. The first-order valence-electron chi connectivity index (χ1n) is 5.35. The number of carboxylic acids is 1. The summed E-state index contributed by atoms with van der Waals surface area (Å²) in [6, 6.07) is 5.81. The van der Waals surface area contributed by atoms with Crippen LogP contribution in [0.2, 0.25) is 0 Å². The van der Waals surface area contributed by atoms with Crippen LogP contribution in [-0.2, 0) is 4.79 Å². The maximum absolute atomic E-state index is 10.5. The van der Waals surface area contributed by atoms with Gasteiger partial charge in [-0.1, -0.05) is 18.7 Å². The van der Waals surface area contributed by atoms with E-state index >= 15 is 0 Å². The SMILES string of the molecule is C=C(C)C(=O)NCC.O=C(O)c1ccccc1O. The summed E-state index contributed by atoms with van der Waals surface area (Å²) in [6.45, 7) is 7.70. The lowest BCUT2D eigenvalue weighted by atomic mass is 10.2. The number of carbonyl (C=O) groups excluding carboxylic acids is 1. The molecule has 0 saturated carbocycles. The molecule has 0 radical (unpaired) electrons. The van der Waals surface area contributed by atoms with Gasteiger partial charge in [0, 0.05) is 12.1 Å². The third-order valence-electron chi connectivity index (χ3n) is 1.86. The zero-order chi connectivity index (χ0) is 14.1. The van der Waals surface area contributed by atoms with Gasteiger partial charge in [-0.15, -0.1) is 0 Å². The number of amides is 1. The Morgan fingerprint density at radius 2 is 1.89 bits per heavy atom. The molecule has 1 aromatic carbocycles. The molecular formula is C13H17NO4. The molecule has 98 valence electrons. The predicted molar refractivity (Wildman–Crippen MR) is 68.6 cm³/mol. The molecule has 0 fully saturated rings. The molecule has 3 N–H and O–H groups in total. The summed E-state index contributed by atoms with van der Waals surface area (Å²) in [6.07, 6.45) is 0. The van der Waals surface area contributed by atoms with Gasteiger partial charge in [0.25, 0.3) is 0 Å². The quantitative estimate of drug-likeness (QED) is 0.715. The largest absolute Gasteiger partial charge is 0.507 e. The van der Waals surface area contributed by atoms with Crippen molar-refractivity contribution in [1.29, 1.82) is 0 Å². The van der Waals surface area contributed by atoms with E-state index in [2.05, 4.69) is 11.9 Å². The smallest absolute Gasteiger partial charge is 0.339 e. The van der Waals surface area contributed by atoms with Gasteiger partial charge in [-0.3, -0.25) is 4.79 Å². The molecule has 5 heteroatoms. The number of likely N-dealkylation sites (N-methyl/N-ethyl adjacent to an activating group) is 1. The fourth-order valence-electron chi connectivity index (χ4n) is 0.966. The predicted octanol–water partition coefficient (Wildman–Crippen LogP) is 1.79. The number of hydrogen-bond acceptors (Lipinski definition) is 3. The maximum Gasteiger partial charge on any atom is 0.339 e. The number of benzene rings is 1. The highest BCUT2D eigenvalue weighted by atomic mass is 16.4. The number of para-hydroxylation sites is 1. The van der Waals surface area contributed by atoms with Crippen LogP contribution in [0.5, 0.6) is 5.75 Å². The van der Waals surface area contributed by atoms with Crippen LogP contribution < -0.4 is 5.32 Å². The van der Waals surface area contributed by atoms with E-state index < -0.39 is 5.97 Å². The van der Waals surface area contributed by atoms with Crippen molar-refractivity contribution in [1.82, 2.24) is 5.32 Å². The van der Waals surface area contributed by atoms with Crippen molar-refractivity contribution in [2.75, 3.05) is 6.54 Å². The van der Waals surface area contributed by atoms with E-state index in [1.165, 1.54) is 12.1 Å². The Labute approximate surface area is 106 Å². The van der Waals surface area contributed by atoms with Crippen molar-refractivity contribution in [3.63, 3.8) is 0 Å². The van der Waals surface area contributed by atoms with Crippen LogP contribution >= 0.6 is 0 Å². The molecule has 0 aliphatic rings. The summed E-state index contributed by atoms with van der Waals surface area (Å²) in [5, 5.41) is 19.9. The molecule has 0 saturated heterocycles. The van der Waals surface area contributed by atoms with Gasteiger partial charge >= 0.3 is 5.97 Å². The summed E-state index contributed by atoms with van der Waals surface area (Å²) in [4.78, 5) is 20.8. The van der Waals surface area contributed by atoms with E-state index in [0.717, 1.165) is 0 Å². The second-order valence-electron chi connectivity index (χ2n) is 3.46. The fourth-order valence-corrected chi connectivity index (χ4v) is 0.966. The van der Waals surface area contributed by atoms with E-state index in [9.17, 15) is 9.59 Å². The molecule has 1 aromatic rings. The van der Waals surface area contributed by atoms with Gasteiger partial charge in [-0.25, -0.2) is 4.79 Å². The van der Waals surface area contributed by atoms with E-state index in [-0.39, 0.29) is 17.2 Å². The second-order valence-corrected chi connectivity index (χ2v) is 3.46. The minimum atomic E-state index is -1.11. The third-order valence-corrected chi connectivity index (χ3v) is 1.86. The van der Waals surface area contributed by atoms with E-state index in [4.69, 9.17) is 10.2 Å². The highest BCUT2D eigenvalue weighted by Gasteiger charge is 2.05. The first-order chi connectivity index (χ1) is 8.40. The van der Waals surface area contributed by atoms with Crippen molar-refractivity contribution in [2.24, 2.45) is 0 Å². The van der Waals surface area contributed by atoms with Gasteiger partial charge in [0.1, 0.15) is 11.3 Å². The maximum atomic E-state index is 10.5. The second kappa shape index (κ2) is 7.89. The van der Waals surface area contributed by atoms with Gasteiger partial charge in [0.2, 0.25) is 5.91 Å². The average Bonchev–Trinajstić information content (AvgIpc) is 2.30. The molecule has 0 bridgehead atoms. The number of nitrogens with one attached hydrogen (secondary N) is 1. The van der Waals surface area contributed by atoms with Crippen LogP contribution in [0.1, 0.15) is 24.2 Å². The normalized spacial score (nSPS) is 8.78. The highest BCUT2D eigenvalue weighted by Crippen LogP contribution is 2.14. The Morgan fingerprint density at radius 3 is 2.17 bits per heavy atom. The van der Waals surface area contributed by atoms with Crippen molar-refractivity contribution in [3.05, 3.63) is 42.0 Å². The molecule has 0 heterocycles. The van der Waals surface area contributed by atoms with Crippen LogP contribution in [0.15, 0.2) is 36.4 Å². The van der Waals surface area contributed by atoms with Crippen LogP contribution in [0.3, 0.4) is 0 Å². The number of carboxylic acid groups (broad SMARTS) is 1. The lowest BCUT2D eigenvalue weighted by Gasteiger charge is -1.97. The van der Waals surface area contributed by atoms with E-state index in [1.807, 2.05) is 6.92 Å². The van der Waals surface area contributed by atoms with Gasteiger partial charge in [-0.2, -0.15) is 0 Å². The standard InChI is InChI=1S/C7H6O3.C6H11NO/c8-6-4-2-1-3-5(6)7(9)10;1-4-7-6(8)5(2)3/h1-4,8H,(H,9,10);2,4H2,1,3H3,(H,7,8). The molecule has 5 nitrogen and oxygen atoms in total. The summed E-state index contributed by atoms with van der Waals surface area (Å²) in [5.74, 6) is -1.37. The lowest BCUT2D eigenvalue weighted by Crippen LogP contribution is -2.22. The first kappa shape index (κ1) is 15.7. The Bertz CT molecular complexity index is 440. The van der Waals surface area contributed by atoms with Gasteiger partial charge < -0.3 is 15.5 Å². The van der Waals surface area contributed by atoms with Crippen LogP contribution in [0.4, 0.5) is 0 Å². The van der Waals surface area contributed by atoms with Crippen molar-refractivity contribution < 1.29 is 19.8 Å². The van der Waals surface area contributed by atoms with Gasteiger partial charge in [-0.05, 0) is 26.0 Å². The molecular weight excluding hydrogens is 234 g/mol. The average molecular weight is 251 g/mol. The van der Waals surface area contributed by atoms with Crippen LogP contribution in [0, 0.1) is 0 Å². The third kappa shape index (κ3) is 5.69. The Balaban J connectivity index is 0.000000331. The number of carbonyl (C=O) groups is 2. The minimum absolute atomic E-state index is 0.0625. The summed E-state index contributed by atoms with van der Waals surface area (Å²) < 4.78 is 0. The fraction of sp³-hybridized carbons (Fsp3) is 0.231. The van der Waals surface area contributed by atoms with Crippen molar-refractivity contribution >= 4 is 11.9 Å². The number of aromatic carboxylic acids is 1. The summed E-state index contributed by atoms with van der Waals surface area (Å²) >= 11 is 0. The van der Waals surface area contributed by atoms with Crippen LogP contribution in [0.25, 0.3) is 0 Å². The zero-order valence-electron chi connectivity index (χ0n) is 10.4. The van der Waals surface area contributed by atoms with Crippen LogP contribution in [-0.4, -0.2) is 28.6 Å². The molecule has 0 spiro atoms. The van der Waals surface area contributed by atoms with Gasteiger partial charge in [0.05, 0.1) is 0 Å². The molecule has 0 aromatic heterocycles. The Morgan fingerprint density at radius 1 is 1.33 bits per heavy atom. The topological polar surface area (TPSA) is 86.6 Å². The number of rotatable bonds is 3. The lowest BCUT2D eigenvalue weighted by molar-refractivity contribution is -0.117. The Hall–Kier alpha value is -2.30. The first-order valence-corrected chi connectivity index (χ1v) is 5.35. The molecule has 0 atom stereocenters. The molecule has 1 amide bonds. The molecule has 1 rings (SSSR count). The van der Waals surface area contributed by atoms with Gasteiger partial charge in [0.15, 0.2) is 0 Å². The molecule has 0 aliphatic carbocycles. The van der Waals surface area contributed by atoms with Crippen molar-refractivity contribution in [3.8, 4) is 5.75 Å². The number of phenols is 1. The molecule has 18 heavy (non-hydrogen) atoms. The van der Waals surface area contributed by atoms with Crippen molar-refractivity contribution in [2.45, 2.75) is 13.8 Å². The summed E-state index contributed by atoms with van der Waals surface area (Å²) in [5.41, 5.74) is 0.495. The Kier molecular flexibility index (Phi) is 6.88. The minimum Gasteiger partial charge on any atom is -0.507 e. The summed E-state index contributed by atoms with van der Waals surface area (Å²) in [7, 11) is 0. The number of aromatic hydroxyl groups is 1.